The standard InChI is InChI=1S/C51H100O5/c1-3-5-7-9-11-12-13-14-15-16-17-18-19-20-21-22-23-24-25-26-27-28-29-30-31-32-33-34-35-36-37-38-40-42-44-46-51(54)56-49(47-52)48-55-50(53)45-43-41-39-10-8-6-4-2/h49,52H,3-48H2,1-2H3. The molecule has 334 valence electrons. The van der Waals surface area contributed by atoms with Crippen LogP contribution in [-0.2, 0) is 19.1 Å². The van der Waals surface area contributed by atoms with Gasteiger partial charge in [-0.25, -0.2) is 0 Å². The number of ether oxygens (including phenoxy) is 2. The molecule has 1 atom stereocenters. The first-order valence-electron chi connectivity index (χ1n) is 25.6. The van der Waals surface area contributed by atoms with E-state index in [1.807, 2.05) is 0 Å². The topological polar surface area (TPSA) is 72.8 Å². The number of unbranched alkanes of at least 4 members (excludes halogenated alkanes) is 40. The monoisotopic (exact) mass is 793 g/mol. The second kappa shape index (κ2) is 48.3. The number of carbonyl (C=O) groups excluding carboxylic acids is 2. The molecule has 56 heavy (non-hydrogen) atoms. The van der Waals surface area contributed by atoms with Gasteiger partial charge in [0.15, 0.2) is 6.10 Å². The first-order chi connectivity index (χ1) is 27.6. The van der Waals surface area contributed by atoms with Gasteiger partial charge in [-0.1, -0.05) is 271 Å². The van der Waals surface area contributed by atoms with Crippen LogP contribution in [0.3, 0.4) is 0 Å². The van der Waals surface area contributed by atoms with Crippen LogP contribution in [0, 0.1) is 0 Å². The van der Waals surface area contributed by atoms with Gasteiger partial charge in [-0.3, -0.25) is 9.59 Å². The second-order valence-electron chi connectivity index (χ2n) is 17.6. The van der Waals surface area contributed by atoms with Crippen molar-refractivity contribution in [2.24, 2.45) is 0 Å². The van der Waals surface area contributed by atoms with Crippen LogP contribution in [0.2, 0.25) is 0 Å². The van der Waals surface area contributed by atoms with Crippen molar-refractivity contribution in [3.8, 4) is 0 Å². The van der Waals surface area contributed by atoms with Crippen LogP contribution in [0.4, 0.5) is 0 Å². The molecule has 0 bridgehead atoms. The van der Waals surface area contributed by atoms with Crippen LogP contribution in [0.1, 0.15) is 296 Å². The van der Waals surface area contributed by atoms with Crippen molar-refractivity contribution in [1.82, 2.24) is 0 Å². The van der Waals surface area contributed by atoms with E-state index < -0.39 is 6.10 Å². The number of hydrogen-bond donors (Lipinski definition) is 1. The molecule has 0 rings (SSSR count). The maximum atomic E-state index is 12.2. The minimum Gasteiger partial charge on any atom is -0.462 e. The molecular formula is C51H100O5. The third-order valence-corrected chi connectivity index (χ3v) is 11.9. The molecule has 0 saturated carbocycles. The molecule has 1 unspecified atom stereocenters. The van der Waals surface area contributed by atoms with Crippen LogP contribution in [0.5, 0.6) is 0 Å². The van der Waals surface area contributed by atoms with Crippen molar-refractivity contribution in [1.29, 1.82) is 0 Å². The van der Waals surface area contributed by atoms with Crippen LogP contribution in [-0.4, -0.2) is 36.4 Å². The SMILES string of the molecule is CCCCCCCCCCCCCCCCCCCCCCCCCCCCCCCCCCCCCC(=O)OC(CO)COC(=O)CCCCCCCCC. The Bertz CT molecular complexity index is 769. The molecule has 0 spiro atoms. The quantitative estimate of drug-likeness (QED) is 0.0491. The number of aliphatic hydroxyl groups excluding tert-OH is 1. The average molecular weight is 793 g/mol. The molecule has 0 heterocycles. The van der Waals surface area contributed by atoms with E-state index in [2.05, 4.69) is 13.8 Å². The highest BCUT2D eigenvalue weighted by atomic mass is 16.6. The molecule has 1 N–H and O–H groups in total. The fraction of sp³-hybridized carbons (Fsp3) is 0.961. The van der Waals surface area contributed by atoms with Crippen molar-refractivity contribution in [2.45, 2.75) is 302 Å². The summed E-state index contributed by atoms with van der Waals surface area (Å²) in [6, 6.07) is 0. The number of rotatable bonds is 48. The number of hydrogen-bond acceptors (Lipinski definition) is 5. The Balaban J connectivity index is 3.29. The van der Waals surface area contributed by atoms with Crippen LogP contribution in [0.15, 0.2) is 0 Å². The van der Waals surface area contributed by atoms with E-state index in [9.17, 15) is 14.7 Å². The summed E-state index contributed by atoms with van der Waals surface area (Å²) in [6.07, 6.45) is 56.9. The van der Waals surface area contributed by atoms with Crippen molar-refractivity contribution < 1.29 is 24.2 Å². The molecule has 0 aromatic heterocycles. The number of aliphatic hydroxyl groups is 1. The maximum absolute atomic E-state index is 12.2. The van der Waals surface area contributed by atoms with Crippen molar-refractivity contribution in [3.05, 3.63) is 0 Å². The Kier molecular flexibility index (Phi) is 47.3. The van der Waals surface area contributed by atoms with Gasteiger partial charge >= 0.3 is 11.9 Å². The van der Waals surface area contributed by atoms with Gasteiger partial charge in [-0.05, 0) is 12.8 Å². The largest absolute Gasteiger partial charge is 0.462 e. The first kappa shape index (κ1) is 54.9. The van der Waals surface area contributed by atoms with Crippen LogP contribution < -0.4 is 0 Å². The van der Waals surface area contributed by atoms with Gasteiger partial charge in [0.25, 0.3) is 0 Å². The first-order valence-corrected chi connectivity index (χ1v) is 25.6. The van der Waals surface area contributed by atoms with E-state index in [0.29, 0.717) is 12.8 Å². The minimum absolute atomic E-state index is 0.0583. The van der Waals surface area contributed by atoms with E-state index >= 15 is 0 Å². The van der Waals surface area contributed by atoms with E-state index in [-0.39, 0.29) is 25.2 Å². The van der Waals surface area contributed by atoms with Gasteiger partial charge in [0, 0.05) is 12.8 Å². The summed E-state index contributed by atoms with van der Waals surface area (Å²) in [7, 11) is 0. The van der Waals surface area contributed by atoms with E-state index in [4.69, 9.17) is 9.47 Å². The fourth-order valence-corrected chi connectivity index (χ4v) is 8.03. The summed E-state index contributed by atoms with van der Waals surface area (Å²) in [4.78, 5) is 24.2. The molecule has 5 heteroatoms. The number of esters is 2. The zero-order chi connectivity index (χ0) is 40.7. The lowest BCUT2D eigenvalue weighted by atomic mass is 10.0. The summed E-state index contributed by atoms with van der Waals surface area (Å²) in [6.45, 7) is 4.13. The molecule has 0 saturated heterocycles. The average Bonchev–Trinajstić information content (AvgIpc) is 3.20. The second-order valence-corrected chi connectivity index (χ2v) is 17.6. The Morgan fingerprint density at radius 2 is 0.554 bits per heavy atom. The van der Waals surface area contributed by atoms with Gasteiger partial charge in [-0.15, -0.1) is 0 Å². The van der Waals surface area contributed by atoms with Crippen molar-refractivity contribution >= 4 is 11.9 Å². The highest BCUT2D eigenvalue weighted by molar-refractivity contribution is 5.70. The summed E-state index contributed by atoms with van der Waals surface area (Å²) in [5.41, 5.74) is 0. The smallest absolute Gasteiger partial charge is 0.306 e. The molecule has 0 aliphatic rings. The number of carbonyl (C=O) groups is 2. The molecule has 0 amide bonds. The van der Waals surface area contributed by atoms with Crippen molar-refractivity contribution in [3.63, 3.8) is 0 Å². The molecule has 0 aromatic carbocycles. The van der Waals surface area contributed by atoms with Crippen LogP contribution >= 0.6 is 0 Å². The molecule has 0 aromatic rings. The highest BCUT2D eigenvalue weighted by Gasteiger charge is 2.16. The molecular weight excluding hydrogens is 693 g/mol. The van der Waals surface area contributed by atoms with E-state index in [0.717, 1.165) is 38.5 Å². The molecule has 0 aliphatic heterocycles. The predicted molar refractivity (Wildman–Crippen MR) is 242 cm³/mol. The summed E-state index contributed by atoms with van der Waals surface area (Å²) < 4.78 is 10.6. The maximum Gasteiger partial charge on any atom is 0.306 e. The zero-order valence-corrected chi connectivity index (χ0v) is 38.2. The van der Waals surface area contributed by atoms with Crippen LogP contribution in [0.25, 0.3) is 0 Å². The molecule has 0 aliphatic carbocycles. The van der Waals surface area contributed by atoms with E-state index in [1.54, 1.807) is 0 Å². The Labute approximate surface area is 350 Å². The van der Waals surface area contributed by atoms with Gasteiger partial charge in [0.2, 0.25) is 0 Å². The fourth-order valence-electron chi connectivity index (χ4n) is 8.03. The highest BCUT2D eigenvalue weighted by Crippen LogP contribution is 2.18. The Hall–Kier alpha value is -1.10. The third-order valence-electron chi connectivity index (χ3n) is 11.9. The third kappa shape index (κ3) is 45.6. The van der Waals surface area contributed by atoms with Gasteiger partial charge in [0.1, 0.15) is 6.61 Å². The Morgan fingerprint density at radius 1 is 0.339 bits per heavy atom. The van der Waals surface area contributed by atoms with Gasteiger partial charge in [0.05, 0.1) is 6.61 Å². The van der Waals surface area contributed by atoms with E-state index in [1.165, 1.54) is 231 Å². The van der Waals surface area contributed by atoms with Crippen molar-refractivity contribution in [2.75, 3.05) is 13.2 Å². The lowest BCUT2D eigenvalue weighted by Gasteiger charge is -2.15. The van der Waals surface area contributed by atoms with Gasteiger partial charge < -0.3 is 14.6 Å². The summed E-state index contributed by atoms with van der Waals surface area (Å²) >= 11 is 0. The summed E-state index contributed by atoms with van der Waals surface area (Å²) in [5.74, 6) is -0.581. The summed E-state index contributed by atoms with van der Waals surface area (Å²) in [5, 5.41) is 9.53. The lowest BCUT2D eigenvalue weighted by Crippen LogP contribution is -2.28. The van der Waals surface area contributed by atoms with Gasteiger partial charge in [-0.2, -0.15) is 0 Å². The predicted octanol–water partition coefficient (Wildman–Crippen LogP) is 16.6. The zero-order valence-electron chi connectivity index (χ0n) is 38.2. The lowest BCUT2D eigenvalue weighted by molar-refractivity contribution is -0.161. The normalized spacial score (nSPS) is 12.0. The Morgan fingerprint density at radius 3 is 0.786 bits per heavy atom. The molecule has 0 fully saturated rings. The minimum atomic E-state index is -0.761. The molecule has 0 radical (unpaired) electrons. The molecule has 5 nitrogen and oxygen atoms in total.